The van der Waals surface area contributed by atoms with Crippen LogP contribution in [0, 0.1) is 351 Å². The number of hydrogen-bond donors (Lipinski definition) is 0. The van der Waals surface area contributed by atoms with Crippen LogP contribution in [0.1, 0.15) is 0 Å². The Kier molecular flexibility index (Phi) is 35.3. The van der Waals surface area contributed by atoms with Crippen LogP contribution >= 0.6 is 0 Å². The molecule has 0 nitrogen and oxygen atoms in total. The van der Waals surface area contributed by atoms with Gasteiger partial charge in [0.2, 0.25) is 0 Å². The van der Waals surface area contributed by atoms with Gasteiger partial charge in [0.15, 0.2) is 0 Å². The minimum atomic E-state index is 1.87. The summed E-state index contributed by atoms with van der Waals surface area (Å²) in [7, 11) is 0. The Bertz CT molecular complexity index is 3720. The van der Waals surface area contributed by atoms with E-state index in [4.69, 9.17) is 6.42 Å². The monoisotopic (exact) mass is 710 g/mol. The molecule has 0 bridgehead atoms. The van der Waals surface area contributed by atoms with Gasteiger partial charge >= 0.3 is 0 Å². The first-order chi connectivity index (χ1) is 29.4. The van der Waals surface area contributed by atoms with E-state index in [1.807, 2.05) is 5.92 Å². The second-order valence-corrected chi connectivity index (χ2v) is 7.18. The third-order valence-electron chi connectivity index (χ3n) is 3.53. The molecule has 0 aromatic rings. The van der Waals surface area contributed by atoms with Crippen LogP contribution in [-0.2, 0) is 0 Å². The van der Waals surface area contributed by atoms with Gasteiger partial charge in [-0.25, -0.2) is 11.8 Å². The van der Waals surface area contributed by atoms with E-state index in [1.165, 1.54) is 0 Å². The normalized spacial score (nSPS) is 3.92. The molecule has 0 N–H and O–H groups in total. The Balaban J connectivity index is 4.58. The third kappa shape index (κ3) is 45.1. The topological polar surface area (TPSA) is 0 Å². The first kappa shape index (κ1) is 46.1. The summed E-state index contributed by atoms with van der Waals surface area (Å²) in [5.41, 5.74) is 0. The van der Waals surface area contributed by atoms with Crippen LogP contribution in [0.4, 0.5) is 0 Å². The first-order valence-corrected chi connectivity index (χ1v) is 14.6. The Labute approximate surface area is 349 Å². The third-order valence-corrected chi connectivity index (χ3v) is 3.53. The van der Waals surface area contributed by atoms with Crippen molar-refractivity contribution in [1.29, 1.82) is 0 Å². The SMILES string of the molecule is [C-]#CC#CC#CC#CC#CC#CC#CC#CC#CC#CC#CC#CC#CC#CC#CC#CC#CC#CC#CC#CC#CC#CC#CC#CC#CC#CC#CC#CC#C[CH2-]. The molecule has 59 heavy (non-hydrogen) atoms. The minimum absolute atomic E-state index is 1.87. The molecule has 0 unspecified atom stereocenters. The van der Waals surface area contributed by atoms with E-state index in [2.05, 4.69) is 338 Å². The average molecular weight is 711 g/mol. The summed E-state index contributed by atoms with van der Waals surface area (Å²) in [5.74, 6) is 141. The maximum atomic E-state index is 6.57. The zero-order valence-corrected chi connectivity index (χ0v) is 29.7. The van der Waals surface area contributed by atoms with E-state index in [0.717, 1.165) is 0 Å². The Morgan fingerprint density at radius 1 is 0.136 bits per heavy atom. The van der Waals surface area contributed by atoms with Gasteiger partial charge in [0.05, 0.1) is 0 Å². The summed E-state index contributed by atoms with van der Waals surface area (Å²) < 4.78 is 0. The van der Waals surface area contributed by atoms with Crippen molar-refractivity contribution in [2.45, 2.75) is 0 Å². The van der Waals surface area contributed by atoms with Crippen LogP contribution in [0.2, 0.25) is 0 Å². The smallest absolute Gasteiger partial charge is 0 e. The molecule has 0 spiro atoms. The molecule has 0 radical (unpaired) electrons. The van der Waals surface area contributed by atoms with Crippen molar-refractivity contribution in [3.63, 3.8) is 0 Å². The van der Waals surface area contributed by atoms with Gasteiger partial charge in [-0.1, -0.05) is 0 Å². The maximum Gasteiger partial charge on any atom is 0 e. The molecule has 0 aliphatic carbocycles. The van der Waals surface area contributed by atoms with Crippen LogP contribution in [0.15, 0.2) is 0 Å². The summed E-state index contributed by atoms with van der Waals surface area (Å²) in [4.78, 5) is 0. The highest BCUT2D eigenvalue weighted by molar-refractivity contribution is 5.51. The lowest BCUT2D eigenvalue weighted by atomic mass is 10.4. The number of hydrogen-bond acceptors (Lipinski definition) is 0. The van der Waals surface area contributed by atoms with Gasteiger partial charge in [-0.2, -0.15) is 6.92 Å². The highest BCUT2D eigenvalue weighted by atomic mass is 13.6. The van der Waals surface area contributed by atoms with E-state index in [9.17, 15) is 0 Å². The zero-order valence-electron chi connectivity index (χ0n) is 29.7. The van der Waals surface area contributed by atoms with E-state index in [-0.39, 0.29) is 0 Å². The predicted molar refractivity (Wildman–Crippen MR) is 230 cm³/mol. The molecule has 0 aromatic carbocycles. The summed E-state index contributed by atoms with van der Waals surface area (Å²) in [6, 6.07) is 0. The van der Waals surface area contributed by atoms with Crippen LogP contribution in [0.25, 0.3) is 0 Å². The van der Waals surface area contributed by atoms with Gasteiger partial charge in [-0.15, -0.1) is 11.8 Å². The van der Waals surface area contributed by atoms with Crippen molar-refractivity contribution in [1.82, 2.24) is 0 Å². The fourth-order valence-electron chi connectivity index (χ4n) is 1.73. The molecular formula is C59H2-2. The van der Waals surface area contributed by atoms with Crippen LogP contribution < -0.4 is 0 Å². The highest BCUT2D eigenvalue weighted by Gasteiger charge is 1.62. The molecule has 0 aliphatic rings. The van der Waals surface area contributed by atoms with Crippen molar-refractivity contribution >= 4 is 0 Å². The van der Waals surface area contributed by atoms with Crippen molar-refractivity contribution in [2.24, 2.45) is 0 Å². The van der Waals surface area contributed by atoms with E-state index >= 15 is 0 Å². The van der Waals surface area contributed by atoms with Gasteiger partial charge < -0.3 is 6.42 Å². The van der Waals surface area contributed by atoms with Gasteiger partial charge in [0.1, 0.15) is 0 Å². The molecule has 0 fully saturated rings. The maximum absolute atomic E-state index is 6.57. The van der Waals surface area contributed by atoms with E-state index in [0.29, 0.717) is 0 Å². The second kappa shape index (κ2) is 45.1. The molecule has 0 rings (SSSR count). The van der Waals surface area contributed by atoms with Gasteiger partial charge in [-0.05, 0) is 94.7 Å². The van der Waals surface area contributed by atoms with Crippen LogP contribution in [0.5, 0.6) is 0 Å². The molecule has 0 aliphatic heterocycles. The largest absolute Gasteiger partial charge is 0.358 e. The number of rotatable bonds is 0. The molecule has 0 aromatic heterocycles. The summed E-state index contributed by atoms with van der Waals surface area (Å²) in [5, 5.41) is 0. The van der Waals surface area contributed by atoms with Crippen LogP contribution in [-0.4, -0.2) is 0 Å². The zero-order chi connectivity index (χ0) is 42.3. The fourth-order valence-corrected chi connectivity index (χ4v) is 1.73. The Hall–Kier alpha value is -12.9. The van der Waals surface area contributed by atoms with E-state index in [1.54, 1.807) is 0 Å². The minimum Gasteiger partial charge on any atom is -0.358 e. The molecule has 0 atom stereocenters. The lowest BCUT2D eigenvalue weighted by molar-refractivity contribution is 2.31. The second-order valence-electron chi connectivity index (χ2n) is 7.18. The summed E-state index contributed by atoms with van der Waals surface area (Å²) in [6.07, 6.45) is 6.57. The van der Waals surface area contributed by atoms with Crippen LogP contribution in [0.3, 0.4) is 0 Å². The van der Waals surface area contributed by atoms with Crippen molar-refractivity contribution in [3.05, 3.63) is 13.3 Å². The van der Waals surface area contributed by atoms with Gasteiger partial charge in [-0.3, -0.25) is 11.8 Å². The summed E-state index contributed by atoms with van der Waals surface area (Å²) >= 11 is 0. The molecule has 0 amide bonds. The van der Waals surface area contributed by atoms with Crippen molar-refractivity contribution in [2.75, 3.05) is 0 Å². The van der Waals surface area contributed by atoms with Crippen molar-refractivity contribution < 1.29 is 0 Å². The lowest BCUT2D eigenvalue weighted by Gasteiger charge is -1.64. The van der Waals surface area contributed by atoms with E-state index < -0.39 is 0 Å². The fraction of sp³-hybridized carbons (Fsp3) is 0. The Morgan fingerprint density at radius 2 is 0.220 bits per heavy atom. The molecule has 0 saturated heterocycles. The molecule has 0 saturated carbocycles. The molecule has 0 heteroatoms. The average Bonchev–Trinajstić information content (AvgIpc) is 3.25. The Morgan fingerprint density at radius 3 is 0.305 bits per heavy atom. The summed E-state index contributed by atoms with van der Waals surface area (Å²) in [6.45, 7) is 3.31. The highest BCUT2D eigenvalue weighted by Crippen LogP contribution is 1.63. The van der Waals surface area contributed by atoms with Crippen molar-refractivity contribution in [3.8, 4) is 337 Å². The predicted octanol–water partition coefficient (Wildman–Crippen LogP) is 0.505. The molecular weight excluding hydrogens is 709 g/mol. The standard InChI is InChI=1S/C59H2/c1-3-5-7-9-11-13-15-17-19-21-23-25-27-29-31-33-35-37-39-41-43-45-47-49-51-53-55-57-59-58-56-54-52-50-48-46-44-42-40-38-36-34-32-30-28-26-24-22-20-18-16-14-12-10-8-6-4-2/h1H2/q-2. The van der Waals surface area contributed by atoms with Gasteiger partial charge in [0, 0.05) is 207 Å². The quantitative estimate of drug-likeness (QED) is 0.254. The molecule has 240 valence electrons. The lowest BCUT2D eigenvalue weighted by Crippen LogP contribution is -1.57. The molecule has 0 heterocycles. The first-order valence-electron chi connectivity index (χ1n) is 14.6. The van der Waals surface area contributed by atoms with Gasteiger partial charge in [0.25, 0.3) is 0 Å².